The van der Waals surface area contributed by atoms with Crippen LogP contribution in [0.15, 0.2) is 24.7 Å². The van der Waals surface area contributed by atoms with Gasteiger partial charge in [0.1, 0.15) is 0 Å². The van der Waals surface area contributed by atoms with Gasteiger partial charge in [-0.25, -0.2) is 0 Å². The van der Waals surface area contributed by atoms with Crippen molar-refractivity contribution in [3.05, 3.63) is 41.5 Å². The number of nitrogens with one attached hydrogen (secondary N) is 1. The fraction of sp³-hybridized carbons (Fsp3) is 0.588. The smallest absolute Gasteiger partial charge is 0.0821 e. The van der Waals surface area contributed by atoms with Crippen LogP contribution in [0.2, 0.25) is 0 Å². The topological polar surface area (TPSA) is 34.8 Å². The molecule has 2 aromatic rings. The highest BCUT2D eigenvalue weighted by Crippen LogP contribution is 2.30. The molecule has 4 heteroatoms. The van der Waals surface area contributed by atoms with E-state index in [4.69, 9.17) is 0 Å². The zero-order chi connectivity index (χ0) is 14.8. The molecule has 0 amide bonds. The first-order valence-electron chi connectivity index (χ1n) is 8.13. The Hall–Kier alpha value is -1.55. The van der Waals surface area contributed by atoms with Crippen LogP contribution in [0.5, 0.6) is 0 Å². The predicted molar refractivity (Wildman–Crippen MR) is 85.5 cm³/mol. The van der Waals surface area contributed by atoms with Gasteiger partial charge in [0.15, 0.2) is 0 Å². The number of fused-ring (bicyclic) bond motifs is 1. The molecule has 0 saturated heterocycles. The maximum absolute atomic E-state index is 4.65. The van der Waals surface area contributed by atoms with Crippen LogP contribution in [0.3, 0.4) is 0 Å². The van der Waals surface area contributed by atoms with Gasteiger partial charge in [0.25, 0.3) is 0 Å². The molecule has 0 fully saturated rings. The molecule has 0 saturated carbocycles. The maximum Gasteiger partial charge on any atom is 0.0821 e. The summed E-state index contributed by atoms with van der Waals surface area (Å²) < 4.78 is 4.33. The molecule has 1 atom stereocenters. The van der Waals surface area contributed by atoms with E-state index in [1.165, 1.54) is 30.4 Å². The van der Waals surface area contributed by atoms with E-state index in [0.29, 0.717) is 12.1 Å². The Kier molecular flexibility index (Phi) is 4.15. The molecule has 1 aliphatic carbocycles. The zero-order valence-corrected chi connectivity index (χ0v) is 13.3. The normalized spacial score (nSPS) is 18.2. The Balaban J connectivity index is 1.77. The minimum atomic E-state index is 0.426. The lowest BCUT2D eigenvalue weighted by atomic mass is 9.91. The molecule has 114 valence electrons. The first-order chi connectivity index (χ1) is 10.2. The predicted octanol–water partition coefficient (Wildman–Crippen LogP) is 3.30. The second-order valence-corrected chi connectivity index (χ2v) is 6.29. The van der Waals surface area contributed by atoms with E-state index in [9.17, 15) is 0 Å². The average Bonchev–Trinajstić information content (AvgIpc) is 3.06. The fourth-order valence-corrected chi connectivity index (χ4v) is 3.23. The Labute approximate surface area is 127 Å². The van der Waals surface area contributed by atoms with Gasteiger partial charge in [0.05, 0.1) is 12.2 Å². The molecule has 4 nitrogen and oxygen atoms in total. The van der Waals surface area contributed by atoms with Crippen molar-refractivity contribution in [1.82, 2.24) is 19.7 Å². The van der Waals surface area contributed by atoms with Gasteiger partial charge < -0.3 is 9.88 Å². The summed E-state index contributed by atoms with van der Waals surface area (Å²) in [7, 11) is 0. The highest BCUT2D eigenvalue weighted by molar-refractivity contribution is 5.30. The van der Waals surface area contributed by atoms with Gasteiger partial charge >= 0.3 is 0 Å². The Bertz CT molecular complexity index is 594. The zero-order valence-electron chi connectivity index (χ0n) is 13.3. The van der Waals surface area contributed by atoms with Gasteiger partial charge in [0.2, 0.25) is 0 Å². The highest BCUT2D eigenvalue weighted by Gasteiger charge is 2.21. The van der Waals surface area contributed by atoms with Crippen LogP contribution in [-0.2, 0) is 13.0 Å². The Morgan fingerprint density at radius 2 is 2.24 bits per heavy atom. The second kappa shape index (κ2) is 6.06. The Morgan fingerprint density at radius 3 is 2.95 bits per heavy atom. The van der Waals surface area contributed by atoms with Crippen molar-refractivity contribution < 1.29 is 0 Å². The molecule has 0 spiro atoms. The molecule has 1 aliphatic rings. The molecule has 3 rings (SSSR count). The monoisotopic (exact) mass is 286 g/mol. The summed E-state index contributed by atoms with van der Waals surface area (Å²) in [5.74, 6) is 0. The largest absolute Gasteiger partial charge is 0.348 e. The number of aromatic nitrogens is 3. The van der Waals surface area contributed by atoms with Crippen molar-refractivity contribution in [3.8, 4) is 0 Å². The van der Waals surface area contributed by atoms with Crippen molar-refractivity contribution in [3.63, 3.8) is 0 Å². The molecular formula is C17H26N4. The van der Waals surface area contributed by atoms with E-state index in [2.05, 4.69) is 60.4 Å². The van der Waals surface area contributed by atoms with E-state index in [0.717, 1.165) is 18.8 Å². The van der Waals surface area contributed by atoms with Crippen LogP contribution in [0.1, 0.15) is 62.5 Å². The molecule has 2 heterocycles. The highest BCUT2D eigenvalue weighted by atomic mass is 15.3. The quantitative estimate of drug-likeness (QED) is 0.915. The number of aryl methyl sites for hydroxylation is 1. The summed E-state index contributed by atoms with van der Waals surface area (Å²) in [5, 5.41) is 8.25. The van der Waals surface area contributed by atoms with E-state index in [1.54, 1.807) is 0 Å². The minimum absolute atomic E-state index is 0.426. The second-order valence-electron chi connectivity index (χ2n) is 6.29. The maximum atomic E-state index is 4.65. The van der Waals surface area contributed by atoms with E-state index in [1.807, 2.05) is 4.68 Å². The number of hydrogen-bond donors (Lipinski definition) is 1. The molecule has 2 aromatic heterocycles. The van der Waals surface area contributed by atoms with Gasteiger partial charge in [-0.3, -0.25) is 4.68 Å². The van der Waals surface area contributed by atoms with Gasteiger partial charge in [0, 0.05) is 30.7 Å². The van der Waals surface area contributed by atoms with Crippen LogP contribution >= 0.6 is 0 Å². The summed E-state index contributed by atoms with van der Waals surface area (Å²) in [6.45, 7) is 8.40. The molecule has 0 bridgehead atoms. The van der Waals surface area contributed by atoms with Crippen molar-refractivity contribution >= 4 is 0 Å². The first kappa shape index (κ1) is 14.4. The van der Waals surface area contributed by atoms with Gasteiger partial charge in [-0.15, -0.1) is 0 Å². The summed E-state index contributed by atoms with van der Waals surface area (Å²) in [6, 6.07) is 3.09. The lowest BCUT2D eigenvalue weighted by Gasteiger charge is -2.22. The number of hydrogen-bond acceptors (Lipinski definition) is 2. The summed E-state index contributed by atoms with van der Waals surface area (Å²) in [6.07, 6.45) is 10.5. The molecule has 21 heavy (non-hydrogen) atoms. The SMILES string of the molecule is CCNC1CCCc2cn(Cc3ccn(C(C)C)n3)cc21. The average molecular weight is 286 g/mol. The molecule has 0 radical (unpaired) electrons. The third-order valence-corrected chi connectivity index (χ3v) is 4.30. The standard InChI is InChI=1S/C17H26N4/c1-4-18-17-7-5-6-14-10-20(12-16(14)17)11-15-8-9-21(19-15)13(2)3/h8-10,12-13,17-18H,4-7,11H2,1-3H3. The number of rotatable bonds is 5. The molecule has 0 aliphatic heterocycles. The van der Waals surface area contributed by atoms with Crippen molar-refractivity contribution in [2.75, 3.05) is 6.54 Å². The summed E-state index contributed by atoms with van der Waals surface area (Å²) >= 11 is 0. The fourth-order valence-electron chi connectivity index (χ4n) is 3.23. The van der Waals surface area contributed by atoms with Gasteiger partial charge in [-0.1, -0.05) is 6.92 Å². The molecule has 1 unspecified atom stereocenters. The third kappa shape index (κ3) is 3.05. The van der Waals surface area contributed by atoms with Crippen LogP contribution < -0.4 is 5.32 Å². The third-order valence-electron chi connectivity index (χ3n) is 4.30. The molecule has 0 aromatic carbocycles. The van der Waals surface area contributed by atoms with Gasteiger partial charge in [-0.05, 0) is 56.8 Å². The summed E-state index contributed by atoms with van der Waals surface area (Å²) in [5.41, 5.74) is 4.14. The lowest BCUT2D eigenvalue weighted by Crippen LogP contribution is -2.23. The van der Waals surface area contributed by atoms with Crippen LogP contribution in [0.4, 0.5) is 0 Å². The van der Waals surface area contributed by atoms with E-state index < -0.39 is 0 Å². The van der Waals surface area contributed by atoms with Crippen molar-refractivity contribution in [2.45, 2.75) is 58.7 Å². The Morgan fingerprint density at radius 1 is 1.38 bits per heavy atom. The lowest BCUT2D eigenvalue weighted by molar-refractivity contribution is 0.473. The van der Waals surface area contributed by atoms with Crippen LogP contribution in [-0.4, -0.2) is 20.9 Å². The minimum Gasteiger partial charge on any atom is -0.348 e. The molecular weight excluding hydrogens is 260 g/mol. The van der Waals surface area contributed by atoms with Crippen LogP contribution in [0.25, 0.3) is 0 Å². The van der Waals surface area contributed by atoms with Crippen molar-refractivity contribution in [1.29, 1.82) is 0 Å². The van der Waals surface area contributed by atoms with Gasteiger partial charge in [-0.2, -0.15) is 5.10 Å². The number of nitrogens with zero attached hydrogens (tertiary/aromatic N) is 3. The molecule has 1 N–H and O–H groups in total. The summed E-state index contributed by atoms with van der Waals surface area (Å²) in [4.78, 5) is 0. The van der Waals surface area contributed by atoms with E-state index >= 15 is 0 Å². The van der Waals surface area contributed by atoms with E-state index in [-0.39, 0.29) is 0 Å². The first-order valence-corrected chi connectivity index (χ1v) is 8.13. The van der Waals surface area contributed by atoms with Crippen LogP contribution in [0, 0.1) is 0 Å². The van der Waals surface area contributed by atoms with Crippen molar-refractivity contribution in [2.24, 2.45) is 0 Å².